The third-order valence-electron chi connectivity index (χ3n) is 3.63. The first-order valence-electron chi connectivity index (χ1n) is 8.11. The molecule has 2 amide bonds. The lowest BCUT2D eigenvalue weighted by atomic mass is 10.1. The molecule has 0 fully saturated rings. The molecule has 0 aliphatic rings. The third-order valence-corrected chi connectivity index (χ3v) is 3.63. The van der Waals surface area contributed by atoms with Crippen molar-refractivity contribution in [1.82, 2.24) is 5.32 Å². The molecule has 0 bridgehead atoms. The van der Waals surface area contributed by atoms with Crippen molar-refractivity contribution in [2.45, 2.75) is 6.92 Å². The molecule has 0 radical (unpaired) electrons. The average Bonchev–Trinajstić information content (AvgIpc) is 3.15. The van der Waals surface area contributed by atoms with E-state index in [2.05, 4.69) is 10.6 Å². The van der Waals surface area contributed by atoms with Gasteiger partial charge in [-0.3, -0.25) is 9.59 Å². The molecule has 0 saturated carbocycles. The summed E-state index contributed by atoms with van der Waals surface area (Å²) in [6.07, 6.45) is 2.99. The monoisotopic (exact) mass is 346 g/mol. The number of amides is 2. The average molecular weight is 346 g/mol. The van der Waals surface area contributed by atoms with Crippen molar-refractivity contribution in [2.24, 2.45) is 0 Å². The molecule has 0 spiro atoms. The lowest BCUT2D eigenvalue weighted by Gasteiger charge is -2.11. The first-order valence-corrected chi connectivity index (χ1v) is 8.11. The van der Waals surface area contributed by atoms with Gasteiger partial charge < -0.3 is 15.1 Å². The Morgan fingerprint density at radius 1 is 0.962 bits per heavy atom. The first kappa shape index (κ1) is 17.2. The summed E-state index contributed by atoms with van der Waals surface area (Å²) in [4.78, 5) is 25.2. The molecule has 3 aromatic rings. The molecular weight excluding hydrogens is 328 g/mol. The maximum Gasteiger partial charge on any atom is 0.272 e. The molecule has 0 saturated heterocycles. The summed E-state index contributed by atoms with van der Waals surface area (Å²) in [5.74, 6) is -0.337. The highest BCUT2D eigenvalue weighted by molar-refractivity contribution is 6.10. The van der Waals surface area contributed by atoms with Crippen molar-refractivity contribution in [3.05, 3.63) is 95.6 Å². The van der Waals surface area contributed by atoms with Gasteiger partial charge in [-0.05, 0) is 43.3 Å². The van der Waals surface area contributed by atoms with Crippen LogP contribution in [0.3, 0.4) is 0 Å². The molecule has 2 N–H and O–H groups in total. The van der Waals surface area contributed by atoms with Gasteiger partial charge in [-0.15, -0.1) is 0 Å². The highest BCUT2D eigenvalue weighted by atomic mass is 16.3. The van der Waals surface area contributed by atoms with Crippen molar-refractivity contribution in [3.63, 3.8) is 0 Å². The van der Waals surface area contributed by atoms with Gasteiger partial charge in [0.2, 0.25) is 0 Å². The molecule has 0 atom stereocenters. The predicted octanol–water partition coefficient (Wildman–Crippen LogP) is 4.00. The fourth-order valence-corrected chi connectivity index (χ4v) is 2.37. The van der Waals surface area contributed by atoms with Gasteiger partial charge in [0.25, 0.3) is 11.8 Å². The van der Waals surface area contributed by atoms with Crippen LogP contribution in [0.15, 0.2) is 83.1 Å². The summed E-state index contributed by atoms with van der Waals surface area (Å²) in [5, 5.41) is 5.43. The van der Waals surface area contributed by atoms with Crippen molar-refractivity contribution >= 4 is 23.6 Å². The first-order chi connectivity index (χ1) is 12.6. The predicted molar refractivity (Wildman–Crippen MR) is 100 cm³/mol. The zero-order valence-electron chi connectivity index (χ0n) is 14.2. The van der Waals surface area contributed by atoms with Gasteiger partial charge in [0, 0.05) is 17.3 Å². The summed E-state index contributed by atoms with van der Waals surface area (Å²) in [5.41, 5.74) is 2.16. The standard InChI is InChI=1S/C21H18N2O3/c1-15-7-5-8-16(13-15)20(24)23-19(14-18-11-6-12-26-18)21(25)22-17-9-3-2-4-10-17/h2-14H,1H3,(H,22,25)(H,23,24)/b19-14+. The van der Waals surface area contributed by atoms with Gasteiger partial charge in [0.05, 0.1) is 6.26 Å². The third kappa shape index (κ3) is 4.48. The zero-order valence-corrected chi connectivity index (χ0v) is 14.2. The maximum absolute atomic E-state index is 12.6. The maximum atomic E-state index is 12.6. The van der Waals surface area contributed by atoms with Crippen molar-refractivity contribution in [3.8, 4) is 0 Å². The minimum atomic E-state index is -0.436. The molecule has 0 unspecified atom stereocenters. The van der Waals surface area contributed by atoms with Crippen LogP contribution in [0.4, 0.5) is 5.69 Å². The van der Waals surface area contributed by atoms with Gasteiger partial charge in [0.1, 0.15) is 11.5 Å². The van der Waals surface area contributed by atoms with Gasteiger partial charge >= 0.3 is 0 Å². The molecule has 0 aliphatic heterocycles. The summed E-state index contributed by atoms with van der Waals surface area (Å²) in [6.45, 7) is 1.90. The van der Waals surface area contributed by atoms with E-state index in [0.29, 0.717) is 17.0 Å². The fraction of sp³-hybridized carbons (Fsp3) is 0.0476. The molecule has 3 rings (SSSR count). The van der Waals surface area contributed by atoms with E-state index in [1.165, 1.54) is 12.3 Å². The summed E-state index contributed by atoms with van der Waals surface area (Å²) < 4.78 is 5.26. The van der Waals surface area contributed by atoms with Crippen LogP contribution < -0.4 is 10.6 Å². The number of anilines is 1. The van der Waals surface area contributed by atoms with Crippen molar-refractivity contribution < 1.29 is 14.0 Å². The Balaban J connectivity index is 1.84. The number of para-hydroxylation sites is 1. The Morgan fingerprint density at radius 2 is 1.77 bits per heavy atom. The van der Waals surface area contributed by atoms with E-state index in [0.717, 1.165) is 5.56 Å². The molecule has 1 heterocycles. The number of benzene rings is 2. The SMILES string of the molecule is Cc1cccc(C(=O)N/C(=C/c2ccco2)C(=O)Nc2ccccc2)c1. The summed E-state index contributed by atoms with van der Waals surface area (Å²) >= 11 is 0. The molecule has 2 aromatic carbocycles. The van der Waals surface area contributed by atoms with Crippen LogP contribution >= 0.6 is 0 Å². The smallest absolute Gasteiger partial charge is 0.272 e. The molecule has 5 heteroatoms. The largest absolute Gasteiger partial charge is 0.465 e. The van der Waals surface area contributed by atoms with E-state index in [-0.39, 0.29) is 11.6 Å². The van der Waals surface area contributed by atoms with Crippen LogP contribution in [0, 0.1) is 6.92 Å². The van der Waals surface area contributed by atoms with Gasteiger partial charge in [-0.25, -0.2) is 0 Å². The minimum absolute atomic E-state index is 0.0929. The quantitative estimate of drug-likeness (QED) is 0.686. The van der Waals surface area contributed by atoms with E-state index >= 15 is 0 Å². The van der Waals surface area contributed by atoms with Gasteiger partial charge in [-0.2, -0.15) is 0 Å². The Hall–Kier alpha value is -3.60. The molecule has 0 aliphatic carbocycles. The molecule has 5 nitrogen and oxygen atoms in total. The summed E-state index contributed by atoms with van der Waals surface area (Å²) in [6, 6.07) is 19.6. The lowest BCUT2D eigenvalue weighted by molar-refractivity contribution is -0.113. The molecule has 130 valence electrons. The Bertz CT molecular complexity index is 929. The second-order valence-corrected chi connectivity index (χ2v) is 5.72. The number of aryl methyl sites for hydroxylation is 1. The number of carbonyl (C=O) groups excluding carboxylic acids is 2. The number of rotatable bonds is 5. The Labute approximate surface area is 151 Å². The number of hydrogen-bond donors (Lipinski definition) is 2. The molecule has 26 heavy (non-hydrogen) atoms. The van der Waals surface area contributed by atoms with Crippen molar-refractivity contribution in [2.75, 3.05) is 5.32 Å². The van der Waals surface area contributed by atoms with Crippen LogP contribution in [0.5, 0.6) is 0 Å². The summed E-state index contributed by atoms with van der Waals surface area (Å²) in [7, 11) is 0. The Kier molecular flexibility index (Phi) is 5.29. The number of carbonyl (C=O) groups is 2. The number of hydrogen-bond acceptors (Lipinski definition) is 3. The zero-order chi connectivity index (χ0) is 18.4. The van der Waals surface area contributed by atoms with E-state index in [1.807, 2.05) is 31.2 Å². The van der Waals surface area contributed by atoms with Crippen LogP contribution in [0.25, 0.3) is 6.08 Å². The normalized spacial score (nSPS) is 11.0. The van der Waals surface area contributed by atoms with Gasteiger partial charge in [-0.1, -0.05) is 35.9 Å². The Morgan fingerprint density at radius 3 is 2.46 bits per heavy atom. The van der Waals surface area contributed by atoms with Crippen LogP contribution in [-0.2, 0) is 4.79 Å². The van der Waals surface area contributed by atoms with Crippen LogP contribution in [0.1, 0.15) is 21.7 Å². The van der Waals surface area contributed by atoms with E-state index < -0.39 is 5.91 Å². The highest BCUT2D eigenvalue weighted by Crippen LogP contribution is 2.12. The van der Waals surface area contributed by atoms with Gasteiger partial charge in [0.15, 0.2) is 0 Å². The van der Waals surface area contributed by atoms with E-state index in [1.54, 1.807) is 42.5 Å². The molecular formula is C21H18N2O3. The fourth-order valence-electron chi connectivity index (χ4n) is 2.37. The number of nitrogens with one attached hydrogen (secondary N) is 2. The second-order valence-electron chi connectivity index (χ2n) is 5.72. The molecule has 1 aromatic heterocycles. The topological polar surface area (TPSA) is 71.3 Å². The van der Waals surface area contributed by atoms with Crippen molar-refractivity contribution in [1.29, 1.82) is 0 Å². The lowest BCUT2D eigenvalue weighted by Crippen LogP contribution is -2.30. The minimum Gasteiger partial charge on any atom is -0.465 e. The second kappa shape index (κ2) is 7.98. The van der Waals surface area contributed by atoms with Crippen LogP contribution in [0.2, 0.25) is 0 Å². The van der Waals surface area contributed by atoms with E-state index in [4.69, 9.17) is 4.42 Å². The van der Waals surface area contributed by atoms with E-state index in [9.17, 15) is 9.59 Å². The number of furan rings is 1. The van der Waals surface area contributed by atoms with Crippen LogP contribution in [-0.4, -0.2) is 11.8 Å². The highest BCUT2D eigenvalue weighted by Gasteiger charge is 2.15.